The molecular weight excluding hydrogens is 426 g/mol. The molecule has 0 aromatic heterocycles. The molecule has 182 valence electrons. The van der Waals surface area contributed by atoms with Crippen molar-refractivity contribution in [2.24, 2.45) is 11.7 Å². The van der Waals surface area contributed by atoms with E-state index in [0.29, 0.717) is 32.0 Å². The van der Waals surface area contributed by atoms with E-state index < -0.39 is 24.1 Å². The predicted molar refractivity (Wildman–Crippen MR) is 121 cm³/mol. The molecule has 1 fully saturated rings. The first kappa shape index (κ1) is 24.8. The molecule has 2 aliphatic rings. The van der Waals surface area contributed by atoms with Crippen LogP contribution in [0.5, 0.6) is 5.75 Å². The number of amides is 3. The normalized spacial score (nSPS) is 18.3. The summed E-state index contributed by atoms with van der Waals surface area (Å²) in [5.74, 6) is 0.529. The Bertz CT molecular complexity index is 811. The predicted octanol–water partition coefficient (Wildman–Crippen LogP) is 2.10. The second-order valence-corrected chi connectivity index (χ2v) is 8.86. The maximum atomic E-state index is 12.8. The highest BCUT2D eigenvalue weighted by Gasteiger charge is 2.29. The van der Waals surface area contributed by atoms with Crippen LogP contribution < -0.4 is 15.8 Å². The van der Waals surface area contributed by atoms with Gasteiger partial charge in [-0.3, -0.25) is 9.59 Å². The number of hydrogen-bond donors (Lipinski definition) is 3. The van der Waals surface area contributed by atoms with Crippen LogP contribution in [0.25, 0.3) is 0 Å². The summed E-state index contributed by atoms with van der Waals surface area (Å²) in [6.07, 6.45) is 4.23. The number of aliphatic hydroxyl groups is 1. The van der Waals surface area contributed by atoms with Crippen LogP contribution >= 0.6 is 0 Å². The molecule has 1 aliphatic carbocycles. The van der Waals surface area contributed by atoms with Crippen molar-refractivity contribution in [3.05, 3.63) is 29.8 Å². The smallest absolute Gasteiger partial charge is 0.405 e. The maximum Gasteiger partial charge on any atom is 0.405 e. The highest BCUT2D eigenvalue weighted by Crippen LogP contribution is 2.28. The molecule has 1 aliphatic heterocycles. The SMILES string of the molecule is NC(=O)O[C@@H](CC1CCCCC1)C(=O)N[C@H](CO)CCC(=O)N1CCOc2ccccc2C1. The second kappa shape index (κ2) is 12.4. The van der Waals surface area contributed by atoms with Gasteiger partial charge in [0, 0.05) is 18.5 Å². The molecule has 1 aromatic rings. The van der Waals surface area contributed by atoms with Gasteiger partial charge in [0.25, 0.3) is 5.91 Å². The maximum absolute atomic E-state index is 12.8. The minimum Gasteiger partial charge on any atom is -0.491 e. The van der Waals surface area contributed by atoms with Crippen molar-refractivity contribution in [3.8, 4) is 5.75 Å². The number of benzene rings is 1. The largest absolute Gasteiger partial charge is 0.491 e. The second-order valence-electron chi connectivity index (χ2n) is 8.86. The number of aliphatic hydroxyl groups excluding tert-OH is 1. The molecule has 33 heavy (non-hydrogen) atoms. The number of carbonyl (C=O) groups excluding carboxylic acids is 3. The zero-order valence-corrected chi connectivity index (χ0v) is 19.0. The lowest BCUT2D eigenvalue weighted by atomic mass is 9.85. The summed E-state index contributed by atoms with van der Waals surface area (Å²) < 4.78 is 10.8. The first-order valence-electron chi connectivity index (χ1n) is 11.8. The number of nitrogens with one attached hydrogen (secondary N) is 1. The zero-order chi connectivity index (χ0) is 23.6. The van der Waals surface area contributed by atoms with Gasteiger partial charge in [-0.05, 0) is 24.8 Å². The minimum atomic E-state index is -0.995. The number of nitrogens with zero attached hydrogens (tertiary/aromatic N) is 1. The van der Waals surface area contributed by atoms with Crippen molar-refractivity contribution in [1.82, 2.24) is 10.2 Å². The third-order valence-electron chi connectivity index (χ3n) is 6.40. The summed E-state index contributed by atoms with van der Waals surface area (Å²) in [4.78, 5) is 38.6. The summed E-state index contributed by atoms with van der Waals surface area (Å²) >= 11 is 0. The van der Waals surface area contributed by atoms with Crippen molar-refractivity contribution in [3.63, 3.8) is 0 Å². The van der Waals surface area contributed by atoms with E-state index in [2.05, 4.69) is 5.32 Å². The Balaban J connectivity index is 1.52. The van der Waals surface area contributed by atoms with Crippen LogP contribution in [0.3, 0.4) is 0 Å². The van der Waals surface area contributed by atoms with Gasteiger partial charge in [-0.25, -0.2) is 4.79 Å². The van der Waals surface area contributed by atoms with Crippen LogP contribution in [0.1, 0.15) is 56.9 Å². The summed E-state index contributed by atoms with van der Waals surface area (Å²) in [6, 6.07) is 7.00. The molecule has 3 rings (SSSR count). The number of para-hydroxylation sites is 1. The van der Waals surface area contributed by atoms with Crippen LogP contribution in [0, 0.1) is 5.92 Å². The van der Waals surface area contributed by atoms with Gasteiger partial charge >= 0.3 is 6.09 Å². The summed E-state index contributed by atoms with van der Waals surface area (Å²) in [6.45, 7) is 1.02. The summed E-state index contributed by atoms with van der Waals surface area (Å²) in [7, 11) is 0. The number of carbonyl (C=O) groups is 3. The van der Waals surface area contributed by atoms with Crippen LogP contribution in [0.4, 0.5) is 4.79 Å². The molecule has 4 N–H and O–H groups in total. The Morgan fingerprint density at radius 3 is 2.70 bits per heavy atom. The zero-order valence-electron chi connectivity index (χ0n) is 19.0. The topological polar surface area (TPSA) is 131 Å². The van der Waals surface area contributed by atoms with E-state index in [4.69, 9.17) is 15.2 Å². The molecule has 9 heteroatoms. The minimum absolute atomic E-state index is 0.0739. The van der Waals surface area contributed by atoms with Gasteiger partial charge in [0.05, 0.1) is 19.2 Å². The Hall–Kier alpha value is -2.81. The summed E-state index contributed by atoms with van der Waals surface area (Å²) in [5.41, 5.74) is 6.12. The molecule has 0 spiro atoms. The van der Waals surface area contributed by atoms with Crippen molar-refractivity contribution in [2.75, 3.05) is 19.8 Å². The monoisotopic (exact) mass is 461 g/mol. The highest BCUT2D eigenvalue weighted by molar-refractivity contribution is 5.83. The molecule has 1 saturated carbocycles. The Morgan fingerprint density at radius 2 is 1.97 bits per heavy atom. The molecule has 2 atom stereocenters. The summed E-state index contributed by atoms with van der Waals surface area (Å²) in [5, 5.41) is 12.5. The fraction of sp³-hybridized carbons (Fsp3) is 0.625. The molecule has 9 nitrogen and oxygen atoms in total. The van der Waals surface area contributed by atoms with Crippen LogP contribution in [0.15, 0.2) is 24.3 Å². The Morgan fingerprint density at radius 1 is 1.21 bits per heavy atom. The Labute approximate surface area is 194 Å². The molecule has 0 radical (unpaired) electrons. The van der Waals surface area contributed by atoms with Crippen LogP contribution in [0.2, 0.25) is 0 Å². The molecule has 0 saturated heterocycles. The number of hydrogen-bond acceptors (Lipinski definition) is 6. The Kier molecular flexibility index (Phi) is 9.35. The number of fused-ring (bicyclic) bond motifs is 1. The van der Waals surface area contributed by atoms with Crippen molar-refractivity contribution in [2.45, 2.75) is 70.1 Å². The van der Waals surface area contributed by atoms with E-state index in [1.54, 1.807) is 4.90 Å². The standard InChI is InChI=1S/C24H35N3O6/c25-24(31)33-21(14-17-6-2-1-3-7-17)23(30)26-19(16-28)10-11-22(29)27-12-13-32-20-9-5-4-8-18(20)15-27/h4-5,8-9,17,19,21,28H,1-3,6-7,10-16H2,(H2,25,31)(H,26,30)/t19-,21-/m0/s1. The third kappa shape index (κ3) is 7.63. The fourth-order valence-corrected chi connectivity index (χ4v) is 4.57. The molecule has 0 unspecified atom stereocenters. The molecule has 0 bridgehead atoms. The van der Waals surface area contributed by atoms with Gasteiger partial charge in [0.15, 0.2) is 6.10 Å². The number of nitrogens with two attached hydrogens (primary N) is 1. The molecule has 3 amide bonds. The van der Waals surface area contributed by atoms with Gasteiger partial charge in [-0.1, -0.05) is 50.3 Å². The van der Waals surface area contributed by atoms with Gasteiger partial charge in [-0.15, -0.1) is 0 Å². The van der Waals surface area contributed by atoms with E-state index in [9.17, 15) is 19.5 Å². The first-order valence-corrected chi connectivity index (χ1v) is 11.8. The van der Waals surface area contributed by atoms with E-state index in [1.165, 1.54) is 6.42 Å². The van der Waals surface area contributed by atoms with E-state index in [0.717, 1.165) is 37.0 Å². The quantitative estimate of drug-likeness (QED) is 0.516. The van der Waals surface area contributed by atoms with Gasteiger partial charge in [0.2, 0.25) is 5.91 Å². The number of primary amides is 1. The van der Waals surface area contributed by atoms with Crippen molar-refractivity contribution in [1.29, 1.82) is 0 Å². The average Bonchev–Trinajstić information content (AvgIpc) is 3.04. The number of rotatable bonds is 9. The highest BCUT2D eigenvalue weighted by atomic mass is 16.6. The van der Waals surface area contributed by atoms with E-state index in [-0.39, 0.29) is 25.4 Å². The van der Waals surface area contributed by atoms with E-state index in [1.807, 2.05) is 24.3 Å². The molecular formula is C24H35N3O6. The molecule has 1 aromatic carbocycles. The van der Waals surface area contributed by atoms with Crippen LogP contribution in [-0.2, 0) is 20.9 Å². The van der Waals surface area contributed by atoms with Gasteiger partial charge in [0.1, 0.15) is 12.4 Å². The fourth-order valence-electron chi connectivity index (χ4n) is 4.57. The average molecular weight is 462 g/mol. The van der Waals surface area contributed by atoms with Crippen molar-refractivity contribution < 1.29 is 29.0 Å². The van der Waals surface area contributed by atoms with Crippen LogP contribution in [-0.4, -0.2) is 59.8 Å². The van der Waals surface area contributed by atoms with Gasteiger partial charge < -0.3 is 30.5 Å². The third-order valence-corrected chi connectivity index (χ3v) is 6.40. The van der Waals surface area contributed by atoms with Gasteiger partial charge in [-0.2, -0.15) is 0 Å². The lowest BCUT2D eigenvalue weighted by Gasteiger charge is -2.27. The number of ether oxygens (including phenoxy) is 2. The lowest BCUT2D eigenvalue weighted by Crippen LogP contribution is -2.46. The molecule has 1 heterocycles. The van der Waals surface area contributed by atoms with Crippen molar-refractivity contribution >= 4 is 17.9 Å². The lowest BCUT2D eigenvalue weighted by molar-refractivity contribution is -0.134. The van der Waals surface area contributed by atoms with E-state index >= 15 is 0 Å². The first-order chi connectivity index (χ1) is 16.0.